The number of rotatable bonds is 7. The molecule has 1 aromatic rings. The van der Waals surface area contributed by atoms with E-state index in [9.17, 15) is 4.39 Å². The summed E-state index contributed by atoms with van der Waals surface area (Å²) >= 11 is 0. The summed E-state index contributed by atoms with van der Waals surface area (Å²) in [6.07, 6.45) is 2.16. The number of nitrogens with one attached hydrogen (secondary N) is 1. The number of nitrogens with zero attached hydrogens (tertiary/aromatic N) is 1. The normalized spacial score (nSPS) is 10.6. The van der Waals surface area contributed by atoms with Crippen molar-refractivity contribution >= 4 is 5.69 Å². The number of hydrogen-bond acceptors (Lipinski definition) is 2. The van der Waals surface area contributed by atoms with Crippen LogP contribution in [0.15, 0.2) is 18.2 Å². The van der Waals surface area contributed by atoms with Gasteiger partial charge in [0.25, 0.3) is 0 Å². The molecular formula is C14H23FN2. The topological polar surface area (TPSA) is 15.3 Å². The van der Waals surface area contributed by atoms with Crippen molar-refractivity contribution in [2.45, 2.75) is 33.2 Å². The van der Waals surface area contributed by atoms with Crippen molar-refractivity contribution < 1.29 is 4.39 Å². The van der Waals surface area contributed by atoms with Gasteiger partial charge < -0.3 is 10.2 Å². The van der Waals surface area contributed by atoms with E-state index in [1.54, 1.807) is 12.1 Å². The molecule has 0 unspecified atom stereocenters. The molecule has 1 rings (SSSR count). The van der Waals surface area contributed by atoms with Gasteiger partial charge in [0.05, 0.1) is 0 Å². The van der Waals surface area contributed by atoms with Crippen LogP contribution in [0.5, 0.6) is 0 Å². The van der Waals surface area contributed by atoms with Gasteiger partial charge in [0.2, 0.25) is 0 Å². The first kappa shape index (κ1) is 14.0. The molecule has 3 heteroatoms. The summed E-state index contributed by atoms with van der Waals surface area (Å²) in [5.41, 5.74) is 2.00. The van der Waals surface area contributed by atoms with Crippen LogP contribution in [0.3, 0.4) is 0 Å². The average molecular weight is 238 g/mol. The third kappa shape index (κ3) is 4.35. The van der Waals surface area contributed by atoms with E-state index in [4.69, 9.17) is 0 Å². The Hall–Kier alpha value is -1.09. The highest BCUT2D eigenvalue weighted by Crippen LogP contribution is 2.19. The molecular weight excluding hydrogens is 215 g/mol. The van der Waals surface area contributed by atoms with Gasteiger partial charge in [-0.05, 0) is 43.7 Å². The van der Waals surface area contributed by atoms with Gasteiger partial charge in [-0.2, -0.15) is 0 Å². The van der Waals surface area contributed by atoms with Gasteiger partial charge in [-0.15, -0.1) is 0 Å². The molecule has 0 atom stereocenters. The number of halogens is 1. The van der Waals surface area contributed by atoms with E-state index in [0.29, 0.717) is 6.54 Å². The molecule has 1 aromatic carbocycles. The van der Waals surface area contributed by atoms with Crippen LogP contribution in [0.1, 0.15) is 32.3 Å². The van der Waals surface area contributed by atoms with Gasteiger partial charge >= 0.3 is 0 Å². The molecule has 0 saturated heterocycles. The zero-order valence-electron chi connectivity index (χ0n) is 11.1. The lowest BCUT2D eigenvalue weighted by atomic mass is 10.1. The Kier molecular flexibility index (Phi) is 5.98. The summed E-state index contributed by atoms with van der Waals surface area (Å²) in [4.78, 5) is 2.25. The van der Waals surface area contributed by atoms with Crippen LogP contribution in [0, 0.1) is 5.82 Å². The standard InChI is InChI=1S/C14H23FN2/c1-4-6-17(7-5-2)14-9-12(11-16-3)8-13(15)10-14/h8-10,16H,4-7,11H2,1-3H3. The van der Waals surface area contributed by atoms with E-state index in [1.807, 2.05) is 7.05 Å². The summed E-state index contributed by atoms with van der Waals surface area (Å²) in [6.45, 7) is 6.97. The zero-order valence-corrected chi connectivity index (χ0v) is 11.1. The van der Waals surface area contributed by atoms with Crippen molar-refractivity contribution in [2.24, 2.45) is 0 Å². The third-order valence-corrected chi connectivity index (χ3v) is 2.68. The highest BCUT2D eigenvalue weighted by atomic mass is 19.1. The Morgan fingerprint density at radius 1 is 1.12 bits per heavy atom. The highest BCUT2D eigenvalue weighted by Gasteiger charge is 2.07. The van der Waals surface area contributed by atoms with Crippen LogP contribution in [0.25, 0.3) is 0 Å². The molecule has 0 amide bonds. The first-order valence-electron chi connectivity index (χ1n) is 6.40. The van der Waals surface area contributed by atoms with Crippen LogP contribution < -0.4 is 10.2 Å². The Morgan fingerprint density at radius 2 is 1.76 bits per heavy atom. The van der Waals surface area contributed by atoms with Crippen molar-refractivity contribution in [3.05, 3.63) is 29.6 Å². The van der Waals surface area contributed by atoms with Gasteiger partial charge in [-0.25, -0.2) is 4.39 Å². The van der Waals surface area contributed by atoms with Gasteiger partial charge in [-0.1, -0.05) is 13.8 Å². The molecule has 0 aromatic heterocycles. The molecule has 0 heterocycles. The second-order valence-electron chi connectivity index (χ2n) is 4.34. The van der Waals surface area contributed by atoms with Crippen LogP contribution in [-0.2, 0) is 6.54 Å². The summed E-state index contributed by atoms with van der Waals surface area (Å²) < 4.78 is 13.5. The first-order chi connectivity index (χ1) is 8.21. The monoisotopic (exact) mass is 238 g/mol. The SMILES string of the molecule is CCCN(CCC)c1cc(F)cc(CNC)c1. The molecule has 17 heavy (non-hydrogen) atoms. The van der Waals surface area contributed by atoms with E-state index in [2.05, 4.69) is 30.1 Å². The van der Waals surface area contributed by atoms with Crippen molar-refractivity contribution in [3.8, 4) is 0 Å². The molecule has 0 fully saturated rings. The van der Waals surface area contributed by atoms with Gasteiger partial charge in [0, 0.05) is 25.3 Å². The van der Waals surface area contributed by atoms with Gasteiger partial charge in [0.15, 0.2) is 0 Å². The van der Waals surface area contributed by atoms with Crippen LogP contribution in [0.2, 0.25) is 0 Å². The molecule has 0 aliphatic heterocycles. The van der Waals surface area contributed by atoms with E-state index in [0.717, 1.165) is 37.2 Å². The summed E-state index contributed by atoms with van der Waals surface area (Å²) in [5, 5.41) is 3.06. The second-order valence-corrected chi connectivity index (χ2v) is 4.34. The number of anilines is 1. The molecule has 1 N–H and O–H groups in total. The Bertz CT molecular complexity index is 333. The maximum atomic E-state index is 13.5. The first-order valence-corrected chi connectivity index (χ1v) is 6.40. The van der Waals surface area contributed by atoms with E-state index < -0.39 is 0 Å². The largest absolute Gasteiger partial charge is 0.371 e. The van der Waals surface area contributed by atoms with E-state index in [1.165, 1.54) is 0 Å². The number of benzene rings is 1. The maximum Gasteiger partial charge on any atom is 0.125 e. The Balaban J connectivity index is 2.92. The Morgan fingerprint density at radius 3 is 2.29 bits per heavy atom. The summed E-state index contributed by atoms with van der Waals surface area (Å²) in [5.74, 6) is -0.148. The van der Waals surface area contributed by atoms with Crippen molar-refractivity contribution in [1.29, 1.82) is 0 Å². The molecule has 0 radical (unpaired) electrons. The van der Waals surface area contributed by atoms with Gasteiger partial charge in [-0.3, -0.25) is 0 Å². The molecule has 0 aliphatic carbocycles. The van der Waals surface area contributed by atoms with Crippen LogP contribution >= 0.6 is 0 Å². The fourth-order valence-electron chi connectivity index (χ4n) is 2.03. The van der Waals surface area contributed by atoms with Crippen LogP contribution in [0.4, 0.5) is 10.1 Å². The van der Waals surface area contributed by atoms with Crippen molar-refractivity contribution in [1.82, 2.24) is 5.32 Å². The molecule has 0 bridgehead atoms. The number of hydrogen-bond donors (Lipinski definition) is 1. The quantitative estimate of drug-likeness (QED) is 0.785. The summed E-state index contributed by atoms with van der Waals surface area (Å²) in [6, 6.07) is 5.30. The predicted molar refractivity (Wildman–Crippen MR) is 72.0 cm³/mol. The van der Waals surface area contributed by atoms with Crippen molar-refractivity contribution in [2.75, 3.05) is 25.0 Å². The smallest absolute Gasteiger partial charge is 0.125 e. The third-order valence-electron chi connectivity index (χ3n) is 2.68. The van der Waals surface area contributed by atoms with Crippen LogP contribution in [-0.4, -0.2) is 20.1 Å². The fraction of sp³-hybridized carbons (Fsp3) is 0.571. The fourth-order valence-corrected chi connectivity index (χ4v) is 2.03. The average Bonchev–Trinajstić information content (AvgIpc) is 2.28. The summed E-state index contributed by atoms with van der Waals surface area (Å²) in [7, 11) is 1.88. The molecule has 2 nitrogen and oxygen atoms in total. The van der Waals surface area contributed by atoms with Gasteiger partial charge in [0.1, 0.15) is 5.82 Å². The maximum absolute atomic E-state index is 13.5. The second kappa shape index (κ2) is 7.28. The lowest BCUT2D eigenvalue weighted by Gasteiger charge is -2.24. The minimum Gasteiger partial charge on any atom is -0.371 e. The Labute approximate surface area is 104 Å². The lowest BCUT2D eigenvalue weighted by molar-refractivity contribution is 0.621. The molecule has 0 saturated carbocycles. The minimum absolute atomic E-state index is 0.148. The van der Waals surface area contributed by atoms with E-state index >= 15 is 0 Å². The van der Waals surface area contributed by atoms with E-state index in [-0.39, 0.29) is 5.82 Å². The minimum atomic E-state index is -0.148. The molecule has 0 aliphatic rings. The highest BCUT2D eigenvalue weighted by molar-refractivity contribution is 5.49. The predicted octanol–water partition coefficient (Wildman–Crippen LogP) is 3.17. The molecule has 0 spiro atoms. The zero-order chi connectivity index (χ0) is 12.7. The molecule has 96 valence electrons. The lowest BCUT2D eigenvalue weighted by Crippen LogP contribution is -2.25. The van der Waals surface area contributed by atoms with Crippen molar-refractivity contribution in [3.63, 3.8) is 0 Å².